The Morgan fingerprint density at radius 2 is 1.90 bits per heavy atom. The predicted molar refractivity (Wildman–Crippen MR) is 110 cm³/mol. The number of aromatic nitrogens is 2. The first-order valence-corrected chi connectivity index (χ1v) is 9.57. The number of para-hydroxylation sites is 1. The van der Waals surface area contributed by atoms with Gasteiger partial charge in [0, 0.05) is 5.02 Å². The maximum absolute atomic E-state index is 12.8. The summed E-state index contributed by atoms with van der Waals surface area (Å²) in [6.07, 6.45) is 0. The third kappa shape index (κ3) is 4.47. The summed E-state index contributed by atoms with van der Waals surface area (Å²) in [5.41, 5.74) is 0.965. The summed E-state index contributed by atoms with van der Waals surface area (Å²) in [5.74, 6) is -0.672. The second-order valence-corrected chi connectivity index (χ2v) is 7.41. The van der Waals surface area contributed by atoms with Crippen LogP contribution in [0.25, 0.3) is 10.9 Å². The number of carbonyl (C=O) groups is 1. The summed E-state index contributed by atoms with van der Waals surface area (Å²) in [4.78, 5) is 30.0. The number of benzene rings is 2. The molecule has 2 aromatic carbocycles. The Kier molecular flexibility index (Phi) is 6.30. The monoisotopic (exact) mass is 409 g/mol. The molecular formula is C22H20ClN3O3. The number of ether oxygens (including phenoxy) is 1. The van der Waals surface area contributed by atoms with Gasteiger partial charge in [0.05, 0.1) is 22.9 Å². The fraction of sp³-hybridized carbons (Fsp3) is 0.273. The molecule has 148 valence electrons. The lowest BCUT2D eigenvalue weighted by Gasteiger charge is -2.20. The van der Waals surface area contributed by atoms with Crippen LogP contribution in [0.2, 0.25) is 5.02 Å². The molecule has 0 aliphatic rings. The van der Waals surface area contributed by atoms with Crippen LogP contribution in [0, 0.1) is 17.2 Å². The molecule has 0 saturated carbocycles. The molecule has 0 fully saturated rings. The lowest BCUT2D eigenvalue weighted by Crippen LogP contribution is -2.27. The Balaban J connectivity index is 1.89. The molecule has 1 aromatic heterocycles. The molecule has 0 aliphatic heterocycles. The number of fused-ring (bicyclic) bond motifs is 1. The fourth-order valence-corrected chi connectivity index (χ4v) is 3.37. The van der Waals surface area contributed by atoms with Crippen LogP contribution in [-0.4, -0.2) is 15.5 Å². The third-order valence-corrected chi connectivity index (χ3v) is 4.91. The van der Waals surface area contributed by atoms with Crippen molar-refractivity contribution in [2.45, 2.75) is 32.9 Å². The predicted octanol–water partition coefficient (Wildman–Crippen LogP) is 4.06. The SMILES string of the molecule is CC(C)[C@@H](C(=O)OCc1nc2ccccc2c(=O)n1CC#N)c1ccc(Cl)cc1. The van der Waals surface area contributed by atoms with Gasteiger partial charge in [-0.1, -0.05) is 49.7 Å². The van der Waals surface area contributed by atoms with Gasteiger partial charge in [0.1, 0.15) is 13.2 Å². The molecule has 0 spiro atoms. The van der Waals surface area contributed by atoms with Gasteiger partial charge in [-0.2, -0.15) is 5.26 Å². The first-order valence-electron chi connectivity index (χ1n) is 9.20. The summed E-state index contributed by atoms with van der Waals surface area (Å²) in [6, 6.07) is 15.9. The third-order valence-electron chi connectivity index (χ3n) is 4.66. The molecule has 0 saturated heterocycles. The van der Waals surface area contributed by atoms with Crippen LogP contribution in [0.1, 0.15) is 31.2 Å². The summed E-state index contributed by atoms with van der Waals surface area (Å²) in [5, 5.41) is 10.1. The minimum Gasteiger partial charge on any atom is -0.457 e. The summed E-state index contributed by atoms with van der Waals surface area (Å²) in [6.45, 7) is 3.49. The number of nitrogens with zero attached hydrogens (tertiary/aromatic N) is 3. The second kappa shape index (κ2) is 8.89. The number of hydrogen-bond acceptors (Lipinski definition) is 5. The molecule has 3 rings (SSSR count). The summed E-state index contributed by atoms with van der Waals surface area (Å²) in [7, 11) is 0. The standard InChI is InChI=1S/C22H20ClN3O3/c1-14(2)20(15-7-9-16(23)10-8-15)22(28)29-13-19-25-18-6-4-3-5-17(18)21(27)26(19)12-11-24/h3-10,14,20H,12-13H2,1-2H3/t20-/m1/s1. The Labute approximate surface area is 173 Å². The van der Waals surface area contributed by atoms with E-state index in [9.17, 15) is 9.59 Å². The van der Waals surface area contributed by atoms with Crippen LogP contribution in [-0.2, 0) is 22.7 Å². The first kappa shape index (κ1) is 20.6. The first-order chi connectivity index (χ1) is 13.9. The fourth-order valence-electron chi connectivity index (χ4n) is 3.25. The van der Waals surface area contributed by atoms with Crippen LogP contribution in [0.15, 0.2) is 53.3 Å². The van der Waals surface area contributed by atoms with Crippen molar-refractivity contribution in [3.63, 3.8) is 0 Å². The average Bonchev–Trinajstić information content (AvgIpc) is 2.70. The highest BCUT2D eigenvalue weighted by Gasteiger charge is 2.26. The van der Waals surface area contributed by atoms with E-state index in [0.717, 1.165) is 5.56 Å². The second-order valence-electron chi connectivity index (χ2n) is 6.98. The van der Waals surface area contributed by atoms with Gasteiger partial charge in [0.15, 0.2) is 5.82 Å². The van der Waals surface area contributed by atoms with Gasteiger partial charge in [-0.05, 0) is 35.7 Å². The van der Waals surface area contributed by atoms with Crippen LogP contribution >= 0.6 is 11.6 Å². The number of hydrogen-bond donors (Lipinski definition) is 0. The molecule has 29 heavy (non-hydrogen) atoms. The normalized spacial score (nSPS) is 12.0. The minimum atomic E-state index is -0.483. The zero-order valence-electron chi connectivity index (χ0n) is 16.1. The molecule has 0 aliphatic carbocycles. The highest BCUT2D eigenvalue weighted by atomic mass is 35.5. The number of rotatable bonds is 6. The zero-order chi connectivity index (χ0) is 21.0. The van der Waals surface area contributed by atoms with E-state index in [1.807, 2.05) is 19.9 Å². The van der Waals surface area contributed by atoms with Crippen molar-refractivity contribution in [1.29, 1.82) is 5.26 Å². The highest BCUT2D eigenvalue weighted by molar-refractivity contribution is 6.30. The Morgan fingerprint density at radius 3 is 2.55 bits per heavy atom. The van der Waals surface area contributed by atoms with Crippen molar-refractivity contribution >= 4 is 28.5 Å². The molecule has 1 atom stereocenters. The van der Waals surface area contributed by atoms with Crippen molar-refractivity contribution in [3.8, 4) is 6.07 Å². The van der Waals surface area contributed by atoms with Gasteiger partial charge in [0.25, 0.3) is 5.56 Å². The van der Waals surface area contributed by atoms with Crippen molar-refractivity contribution in [1.82, 2.24) is 9.55 Å². The molecule has 0 bridgehead atoms. The van der Waals surface area contributed by atoms with E-state index < -0.39 is 11.9 Å². The van der Waals surface area contributed by atoms with Crippen LogP contribution in [0.3, 0.4) is 0 Å². The molecule has 3 aromatic rings. The van der Waals surface area contributed by atoms with Gasteiger partial charge in [-0.3, -0.25) is 14.2 Å². The van der Waals surface area contributed by atoms with Crippen molar-refractivity contribution < 1.29 is 9.53 Å². The quantitative estimate of drug-likeness (QED) is 0.573. The van der Waals surface area contributed by atoms with Gasteiger partial charge in [-0.15, -0.1) is 0 Å². The Morgan fingerprint density at radius 1 is 1.21 bits per heavy atom. The van der Waals surface area contributed by atoms with E-state index in [1.165, 1.54) is 4.57 Å². The van der Waals surface area contributed by atoms with Crippen LogP contribution in [0.5, 0.6) is 0 Å². The van der Waals surface area contributed by atoms with Crippen molar-refractivity contribution in [2.75, 3.05) is 0 Å². The van der Waals surface area contributed by atoms with E-state index in [1.54, 1.807) is 48.5 Å². The van der Waals surface area contributed by atoms with Crippen molar-refractivity contribution in [2.24, 2.45) is 5.92 Å². The number of esters is 1. The largest absolute Gasteiger partial charge is 0.457 e. The highest BCUT2D eigenvalue weighted by Crippen LogP contribution is 2.27. The number of carbonyl (C=O) groups excluding carboxylic acids is 1. The van der Waals surface area contributed by atoms with Crippen LogP contribution in [0.4, 0.5) is 0 Å². The lowest BCUT2D eigenvalue weighted by molar-refractivity contribution is -0.148. The van der Waals surface area contributed by atoms with E-state index in [4.69, 9.17) is 21.6 Å². The van der Waals surface area contributed by atoms with E-state index in [0.29, 0.717) is 15.9 Å². The molecule has 1 heterocycles. The van der Waals surface area contributed by atoms with E-state index in [2.05, 4.69) is 4.98 Å². The zero-order valence-corrected chi connectivity index (χ0v) is 16.9. The average molecular weight is 410 g/mol. The Hall–Kier alpha value is -3.17. The Bertz CT molecular complexity index is 1130. The molecule has 6 nitrogen and oxygen atoms in total. The van der Waals surface area contributed by atoms with Gasteiger partial charge in [0.2, 0.25) is 0 Å². The van der Waals surface area contributed by atoms with E-state index in [-0.39, 0.29) is 30.5 Å². The van der Waals surface area contributed by atoms with E-state index >= 15 is 0 Å². The summed E-state index contributed by atoms with van der Waals surface area (Å²) < 4.78 is 6.76. The van der Waals surface area contributed by atoms with Gasteiger partial charge < -0.3 is 4.74 Å². The molecule has 0 radical (unpaired) electrons. The number of nitriles is 1. The maximum atomic E-state index is 12.8. The smallest absolute Gasteiger partial charge is 0.314 e. The summed E-state index contributed by atoms with van der Waals surface area (Å²) >= 11 is 5.94. The van der Waals surface area contributed by atoms with Crippen LogP contribution < -0.4 is 5.56 Å². The molecule has 0 amide bonds. The topological polar surface area (TPSA) is 85.0 Å². The van der Waals surface area contributed by atoms with Crippen molar-refractivity contribution in [3.05, 3.63) is 75.3 Å². The molecular weight excluding hydrogens is 390 g/mol. The lowest BCUT2D eigenvalue weighted by atomic mass is 9.88. The van der Waals surface area contributed by atoms with Gasteiger partial charge in [-0.25, -0.2) is 4.98 Å². The molecule has 0 unspecified atom stereocenters. The number of halogens is 1. The minimum absolute atomic E-state index is 0.00506. The molecule has 7 heteroatoms. The maximum Gasteiger partial charge on any atom is 0.314 e. The van der Waals surface area contributed by atoms with Gasteiger partial charge >= 0.3 is 5.97 Å². The molecule has 0 N–H and O–H groups in total.